The molecule has 5 amide bonds. The van der Waals surface area contributed by atoms with E-state index in [-0.39, 0.29) is 11.4 Å². The third kappa shape index (κ3) is 62.7. The van der Waals surface area contributed by atoms with Gasteiger partial charge in [-0.05, 0) is 159 Å². The Hall–Kier alpha value is -6.91. The Morgan fingerprint density at radius 1 is 0.193 bits per heavy atom. The molecule has 0 saturated carbocycles. The number of hydrogen-bond donors (Lipinski definition) is 5. The molecule has 0 bridgehead atoms. The molecule has 17 heteroatoms. The van der Waals surface area contributed by atoms with E-state index in [2.05, 4.69) is 172 Å². The van der Waals surface area contributed by atoms with Crippen LogP contribution in [0.2, 0.25) is 0 Å². The lowest BCUT2D eigenvalue weighted by Crippen LogP contribution is -2.22. The average Bonchev–Trinajstić information content (AvgIpc) is 0.809. The minimum atomic E-state index is -0.582. The second kappa shape index (κ2) is 79.4. The molecule has 0 fully saturated rings. The summed E-state index contributed by atoms with van der Waals surface area (Å²) in [4.78, 5) is 46.2. The zero-order valence-corrected chi connectivity index (χ0v) is 94.1. The lowest BCUT2D eigenvalue weighted by atomic mass is 9.97. The monoisotopic (exact) mass is 1950 g/mol. The van der Waals surface area contributed by atoms with Crippen LogP contribution in [0.5, 0.6) is 51.7 Å². The topological polar surface area (TPSA) is 194 Å². The molecular formula is C123H215N5O12. The number of nitrogens with one attached hydrogen (secondary N) is 5. The van der Waals surface area contributed by atoms with Gasteiger partial charge in [-0.3, -0.25) is 4.79 Å². The summed E-state index contributed by atoms with van der Waals surface area (Å²) in [5.74, 6) is 10.6. The van der Waals surface area contributed by atoms with E-state index in [4.69, 9.17) is 42.6 Å². The van der Waals surface area contributed by atoms with Crippen molar-refractivity contribution in [2.75, 3.05) is 86.0 Å². The Bertz CT molecular complexity index is 3460. The van der Waals surface area contributed by atoms with Crippen LogP contribution >= 0.6 is 0 Å². The van der Waals surface area contributed by atoms with E-state index in [1.807, 2.05) is 24.3 Å². The molecule has 0 aliphatic rings. The highest BCUT2D eigenvalue weighted by molar-refractivity contribution is 6.07. The smallest absolute Gasteiger partial charge is 0.323 e. The van der Waals surface area contributed by atoms with E-state index in [0.29, 0.717) is 205 Å². The van der Waals surface area contributed by atoms with Gasteiger partial charge in [-0.25, -0.2) is 9.59 Å². The van der Waals surface area contributed by atoms with Crippen LogP contribution in [0.4, 0.5) is 38.0 Å². The maximum Gasteiger partial charge on any atom is 0.323 e. The average molecular weight is 1960 g/mol. The number of amides is 5. The normalized spacial score (nSPS) is 13.0. The molecule has 0 aliphatic heterocycles. The van der Waals surface area contributed by atoms with Crippen molar-refractivity contribution in [3.63, 3.8) is 0 Å². The molecule has 0 heterocycles. The number of ether oxygens (including phenoxy) is 9. The molecule has 4 rings (SSSR count). The van der Waals surface area contributed by atoms with E-state index in [1.165, 1.54) is 186 Å². The van der Waals surface area contributed by atoms with Crippen molar-refractivity contribution in [3.8, 4) is 51.7 Å². The van der Waals surface area contributed by atoms with E-state index >= 15 is 14.4 Å². The van der Waals surface area contributed by atoms with Crippen LogP contribution in [0.3, 0.4) is 0 Å². The second-order valence-corrected chi connectivity index (χ2v) is 45.3. The first-order valence-electron chi connectivity index (χ1n) is 58.4. The summed E-state index contributed by atoms with van der Waals surface area (Å²) in [7, 11) is 0. The third-order valence-corrected chi connectivity index (χ3v) is 27.9. The van der Waals surface area contributed by atoms with Crippen LogP contribution in [0.1, 0.15) is 502 Å². The first kappa shape index (κ1) is 125. The van der Waals surface area contributed by atoms with Crippen molar-refractivity contribution in [1.82, 2.24) is 0 Å². The number of anilines is 5. The van der Waals surface area contributed by atoms with Crippen LogP contribution < -0.4 is 69.2 Å². The number of benzene rings is 4. The van der Waals surface area contributed by atoms with Crippen LogP contribution in [0.25, 0.3) is 0 Å². The van der Waals surface area contributed by atoms with Crippen molar-refractivity contribution < 1.29 is 57.0 Å². The first-order valence-corrected chi connectivity index (χ1v) is 58.4. The Kier molecular flexibility index (Phi) is 71.1. The number of unbranched alkanes of at least 4 members (excludes halogenated alkanes) is 27. The number of rotatable bonds is 90. The molecule has 0 radical (unpaired) electrons. The van der Waals surface area contributed by atoms with Gasteiger partial charge in [0.25, 0.3) is 5.91 Å². The predicted octanol–water partition coefficient (Wildman–Crippen LogP) is 38.5. The van der Waals surface area contributed by atoms with Crippen LogP contribution in [0, 0.1) is 71.0 Å². The zero-order valence-electron chi connectivity index (χ0n) is 94.1. The second-order valence-electron chi connectivity index (χ2n) is 45.3. The van der Waals surface area contributed by atoms with Crippen molar-refractivity contribution >= 4 is 46.4 Å². The Morgan fingerprint density at radius 3 is 0.600 bits per heavy atom. The largest absolute Gasteiger partial charge is 0.490 e. The van der Waals surface area contributed by atoms with Gasteiger partial charge in [0.1, 0.15) is 0 Å². The summed E-state index contributed by atoms with van der Waals surface area (Å²) in [5, 5.41) is 15.9. The standard InChI is InChI=1S/C123H215N5O12/c1-22-25-28-31-34-37-40-43-46-49-76-132-112-85-106(86-113(133-77-50-47-44-41-38-35-32-29-26-23-2)118(112)138-78-51-48-45-42-39-36-33-30-27-24-3)121(129)124-107-87-108(125-122(130)127-110-90-114(134-79-70-100(16)64-52-58-94(4)5)119(139-83-74-104(20)68-56-62-98(12)13)115(91-110)135-80-71-101(17)65-53-59-95(6)7)89-109(88-107)126-123(131)128-111-92-116(136-81-72-102(18)66-54-60-96(8)9)120(140-84-75-105(21)69-57-63-99(14)15)117(93-111)137-82-73-103(19)67-55-61-97(10)11/h85-105H,22-84H2,1-21H3,(H,124,129)(H2,125,127,130)(H2,126,128,131)/t100-,101-,102-,103-,104-,105-/m1/s1. The molecule has 0 saturated heterocycles. The summed E-state index contributed by atoms with van der Waals surface area (Å²) >= 11 is 0. The summed E-state index contributed by atoms with van der Waals surface area (Å²) in [6.07, 6.45) is 61.8. The molecule has 140 heavy (non-hydrogen) atoms. The van der Waals surface area contributed by atoms with Crippen molar-refractivity contribution in [2.24, 2.45) is 71.0 Å². The van der Waals surface area contributed by atoms with E-state index in [1.54, 1.807) is 30.3 Å². The fraction of sp³-hybridized carbons (Fsp3) is 0.780. The number of carbonyl (C=O) groups excluding carboxylic acids is 3. The highest BCUT2D eigenvalue weighted by Crippen LogP contribution is 2.46. The molecule has 4 aromatic rings. The van der Waals surface area contributed by atoms with Crippen molar-refractivity contribution in [2.45, 2.75) is 492 Å². The highest BCUT2D eigenvalue weighted by atomic mass is 16.6. The lowest BCUT2D eigenvalue weighted by molar-refractivity contribution is 0.102. The minimum Gasteiger partial charge on any atom is -0.490 e. The van der Waals surface area contributed by atoms with E-state index < -0.39 is 18.0 Å². The molecule has 5 N–H and O–H groups in total. The quantitative estimate of drug-likeness (QED) is 0.0263. The SMILES string of the molecule is CCCCCCCCCCCCOc1cc(C(=O)Nc2cc(NC(=O)Nc3cc(OCC[C@H](C)CCCC(C)C)c(OCC[C@H](C)CCCC(C)C)c(OCC[C@H](C)CCCC(C)C)c3)cc(NC(=O)Nc3cc(OCC[C@H](C)CCCC(C)C)c(OCC[C@H](C)CCCC(C)C)c(OCC[C@H](C)CCCC(C)C)c3)c2)cc(OCCCCCCCCCCCC)c1OCCCCCCCCCCCC. The Balaban J connectivity index is 1.98. The maximum absolute atomic E-state index is 15.7. The highest BCUT2D eigenvalue weighted by Gasteiger charge is 2.26. The molecular weight excluding hydrogens is 1740 g/mol. The van der Waals surface area contributed by atoms with Gasteiger partial charge in [0, 0.05) is 46.9 Å². The van der Waals surface area contributed by atoms with Gasteiger partial charge in [-0.1, -0.05) is 434 Å². The predicted molar refractivity (Wildman–Crippen MR) is 599 cm³/mol. The van der Waals surface area contributed by atoms with Gasteiger partial charge in [0.2, 0.25) is 17.2 Å². The lowest BCUT2D eigenvalue weighted by Gasteiger charge is -2.21. The number of hydrogen-bond acceptors (Lipinski definition) is 12. The first-order chi connectivity index (χ1) is 67.5. The molecule has 17 nitrogen and oxygen atoms in total. The van der Waals surface area contributed by atoms with Crippen LogP contribution in [0.15, 0.2) is 54.6 Å². The Labute approximate surface area is 859 Å². The summed E-state index contributed by atoms with van der Waals surface area (Å²) in [5.41, 5.74) is 2.03. The fourth-order valence-electron chi connectivity index (χ4n) is 18.3. The van der Waals surface area contributed by atoms with E-state index in [9.17, 15) is 0 Å². The fourth-order valence-corrected chi connectivity index (χ4v) is 18.3. The number of carbonyl (C=O) groups is 3. The molecule has 804 valence electrons. The molecule has 0 unspecified atom stereocenters. The van der Waals surface area contributed by atoms with Crippen molar-refractivity contribution in [3.05, 3.63) is 60.2 Å². The van der Waals surface area contributed by atoms with Gasteiger partial charge in [-0.15, -0.1) is 0 Å². The summed E-state index contributed by atoms with van der Waals surface area (Å²) < 4.78 is 61.8. The van der Waals surface area contributed by atoms with Gasteiger partial charge in [-0.2, -0.15) is 0 Å². The summed E-state index contributed by atoms with van der Waals surface area (Å²) in [6.45, 7) is 52.3. The zero-order chi connectivity index (χ0) is 102. The van der Waals surface area contributed by atoms with Crippen molar-refractivity contribution in [1.29, 1.82) is 0 Å². The number of urea groups is 2. The maximum atomic E-state index is 15.7. The van der Waals surface area contributed by atoms with Gasteiger partial charge >= 0.3 is 12.1 Å². The molecule has 6 atom stereocenters. The third-order valence-electron chi connectivity index (χ3n) is 27.9. The van der Waals surface area contributed by atoms with Gasteiger partial charge < -0.3 is 69.2 Å². The molecule has 0 spiro atoms. The van der Waals surface area contributed by atoms with Crippen LogP contribution in [-0.2, 0) is 0 Å². The Morgan fingerprint density at radius 2 is 0.371 bits per heavy atom. The summed E-state index contributed by atoms with van der Waals surface area (Å²) in [6, 6.07) is 14.9. The molecule has 4 aromatic carbocycles. The van der Waals surface area contributed by atoms with Gasteiger partial charge in [0.05, 0.1) is 70.8 Å². The van der Waals surface area contributed by atoms with E-state index in [0.717, 1.165) is 161 Å². The van der Waals surface area contributed by atoms with Crippen LogP contribution in [-0.4, -0.2) is 77.4 Å². The molecule has 0 aliphatic carbocycles. The minimum absolute atomic E-state index is 0.277. The van der Waals surface area contributed by atoms with Gasteiger partial charge in [0.15, 0.2) is 34.5 Å². The molecule has 0 aromatic heterocycles.